The molecule has 0 N–H and O–H groups in total. The van der Waals surface area contributed by atoms with Crippen LogP contribution in [0.4, 0.5) is 0 Å². The molecule has 0 aliphatic carbocycles. The Balaban J connectivity index is 0.000000192. The van der Waals surface area contributed by atoms with E-state index in [9.17, 15) is 0 Å². The number of hydrogen-bond acceptors (Lipinski definition) is 0. The van der Waals surface area contributed by atoms with E-state index in [0.29, 0.717) is 0 Å². The molecular formula is C30H38Cl2Si3. The van der Waals surface area contributed by atoms with Crippen LogP contribution in [0, 0.1) is 0 Å². The van der Waals surface area contributed by atoms with Gasteiger partial charge in [-0.25, -0.2) is 0 Å². The molecule has 0 spiro atoms. The van der Waals surface area contributed by atoms with Crippen LogP contribution in [0.5, 0.6) is 0 Å². The molecule has 4 aromatic rings. The lowest BCUT2D eigenvalue weighted by molar-refractivity contribution is 1.68. The maximum atomic E-state index is 6.73. The third kappa shape index (κ3) is 9.94. The largest absolute Gasteiger partial charge is 0.214 e. The van der Waals surface area contributed by atoms with Gasteiger partial charge in [0, 0.05) is 0 Å². The molecule has 0 bridgehead atoms. The summed E-state index contributed by atoms with van der Waals surface area (Å²) in [7, 11) is -4.58. The molecule has 0 saturated carbocycles. The van der Waals surface area contributed by atoms with E-state index >= 15 is 0 Å². The van der Waals surface area contributed by atoms with E-state index in [0.717, 1.165) is 0 Å². The van der Waals surface area contributed by atoms with Crippen molar-refractivity contribution in [3.05, 3.63) is 121 Å². The van der Waals surface area contributed by atoms with Gasteiger partial charge in [-0.15, -0.1) is 0 Å². The minimum Gasteiger partial charge on any atom is -0.162 e. The quantitative estimate of drug-likeness (QED) is 0.185. The topological polar surface area (TPSA) is 0 Å². The van der Waals surface area contributed by atoms with Gasteiger partial charge < -0.3 is 0 Å². The summed E-state index contributed by atoms with van der Waals surface area (Å²) in [5.74, 6) is 0. The van der Waals surface area contributed by atoms with E-state index in [1.54, 1.807) is 0 Å². The van der Waals surface area contributed by atoms with E-state index in [1.807, 2.05) is 54.6 Å². The fourth-order valence-corrected chi connectivity index (χ4v) is 8.72. The zero-order chi connectivity index (χ0) is 26.0. The summed E-state index contributed by atoms with van der Waals surface area (Å²) in [5.41, 5.74) is 0. The molecule has 0 aliphatic heterocycles. The van der Waals surface area contributed by atoms with E-state index in [1.165, 1.54) is 20.7 Å². The van der Waals surface area contributed by atoms with Gasteiger partial charge in [-0.1, -0.05) is 159 Å². The van der Waals surface area contributed by atoms with Gasteiger partial charge in [0.15, 0.2) is 7.38 Å². The molecule has 0 aromatic heterocycles. The van der Waals surface area contributed by atoms with Crippen LogP contribution in [-0.4, -0.2) is 22.8 Å². The summed E-state index contributed by atoms with van der Waals surface area (Å²) in [6, 6.07) is 41.7. The summed E-state index contributed by atoms with van der Waals surface area (Å²) in [4.78, 5) is 0. The first-order chi connectivity index (χ1) is 16.4. The predicted octanol–water partition coefficient (Wildman–Crippen LogP) is 7.18. The number of benzene rings is 4. The standard InChI is InChI=1S/C13H13ClSi.C9H14Si.C8H11ClSi/c1-15(14,12-8-4-2-5-9-12)13-10-6-3-7-11-13;1-10(2,3)9-7-5-4-6-8-9;1-10(2,9)8-6-4-3-5-7-8/h2-11H,1H3;4-8H,1-3H3;3-7H,1-2H3. The highest BCUT2D eigenvalue weighted by atomic mass is 35.6. The highest BCUT2D eigenvalue weighted by Gasteiger charge is 2.28. The van der Waals surface area contributed by atoms with Gasteiger partial charge in [0.2, 0.25) is 7.38 Å². The van der Waals surface area contributed by atoms with Crippen molar-refractivity contribution in [2.24, 2.45) is 0 Å². The van der Waals surface area contributed by atoms with Crippen molar-refractivity contribution in [1.29, 1.82) is 0 Å². The Bertz CT molecular complexity index is 1010. The van der Waals surface area contributed by atoms with Gasteiger partial charge in [-0.05, 0) is 22.1 Å². The van der Waals surface area contributed by atoms with Gasteiger partial charge >= 0.3 is 0 Å². The Hall–Kier alpha value is -1.89. The highest BCUT2D eigenvalue weighted by Crippen LogP contribution is 2.09. The first kappa shape index (κ1) is 29.3. The van der Waals surface area contributed by atoms with Crippen LogP contribution in [0.15, 0.2) is 121 Å². The summed E-state index contributed by atoms with van der Waals surface area (Å²) in [6.07, 6.45) is 0. The van der Waals surface area contributed by atoms with Crippen molar-refractivity contribution in [2.45, 2.75) is 39.3 Å². The maximum Gasteiger partial charge on any atom is 0.214 e. The van der Waals surface area contributed by atoms with Crippen molar-refractivity contribution in [1.82, 2.24) is 0 Å². The lowest BCUT2D eigenvalue weighted by Gasteiger charge is -2.20. The Morgan fingerprint density at radius 1 is 0.371 bits per heavy atom. The van der Waals surface area contributed by atoms with Crippen LogP contribution in [0.2, 0.25) is 39.3 Å². The lowest BCUT2D eigenvalue weighted by atomic mass is 10.4. The van der Waals surface area contributed by atoms with Gasteiger partial charge in [0.25, 0.3) is 0 Å². The van der Waals surface area contributed by atoms with E-state index < -0.39 is 22.8 Å². The van der Waals surface area contributed by atoms with Crippen molar-refractivity contribution in [3.63, 3.8) is 0 Å². The molecular weight excluding hydrogens is 515 g/mol. The van der Waals surface area contributed by atoms with Gasteiger partial charge in [-0.3, -0.25) is 0 Å². The summed E-state index contributed by atoms with van der Waals surface area (Å²) in [6.45, 7) is 13.5. The summed E-state index contributed by atoms with van der Waals surface area (Å²) >= 11 is 12.9. The average Bonchev–Trinajstić information content (AvgIpc) is 2.86. The molecule has 0 fully saturated rings. The van der Waals surface area contributed by atoms with Gasteiger partial charge in [0.05, 0.1) is 8.07 Å². The van der Waals surface area contributed by atoms with E-state index in [-0.39, 0.29) is 0 Å². The maximum absolute atomic E-state index is 6.73. The predicted molar refractivity (Wildman–Crippen MR) is 168 cm³/mol. The molecule has 0 heterocycles. The highest BCUT2D eigenvalue weighted by molar-refractivity contribution is 7.33. The monoisotopic (exact) mass is 552 g/mol. The minimum atomic E-state index is -1.98. The molecule has 0 nitrogen and oxygen atoms in total. The molecule has 0 unspecified atom stereocenters. The first-order valence-electron chi connectivity index (χ1n) is 12.0. The van der Waals surface area contributed by atoms with E-state index in [4.69, 9.17) is 22.2 Å². The fraction of sp³-hybridized carbons (Fsp3) is 0.200. The van der Waals surface area contributed by atoms with Crippen molar-refractivity contribution >= 4 is 65.7 Å². The smallest absolute Gasteiger partial charge is 0.162 e. The molecule has 35 heavy (non-hydrogen) atoms. The van der Waals surface area contributed by atoms with Crippen LogP contribution in [-0.2, 0) is 0 Å². The molecule has 184 valence electrons. The van der Waals surface area contributed by atoms with Gasteiger partial charge in [-0.2, -0.15) is 22.2 Å². The molecule has 4 rings (SSSR count). The third-order valence-corrected chi connectivity index (χ3v) is 14.3. The van der Waals surface area contributed by atoms with Crippen molar-refractivity contribution in [3.8, 4) is 0 Å². The van der Waals surface area contributed by atoms with Crippen molar-refractivity contribution in [2.75, 3.05) is 0 Å². The molecule has 0 amide bonds. The average molecular weight is 554 g/mol. The van der Waals surface area contributed by atoms with Gasteiger partial charge in [0.1, 0.15) is 0 Å². The molecule has 0 aliphatic rings. The van der Waals surface area contributed by atoms with Crippen LogP contribution < -0.4 is 20.7 Å². The second kappa shape index (κ2) is 13.4. The van der Waals surface area contributed by atoms with Crippen molar-refractivity contribution < 1.29 is 0 Å². The van der Waals surface area contributed by atoms with Crippen LogP contribution in [0.3, 0.4) is 0 Å². The number of rotatable bonds is 4. The Kier molecular flexibility index (Phi) is 11.3. The fourth-order valence-electron chi connectivity index (χ4n) is 3.44. The number of hydrogen-bond donors (Lipinski definition) is 0. The molecule has 0 atom stereocenters. The van der Waals surface area contributed by atoms with E-state index in [2.05, 4.69) is 106 Å². The zero-order valence-corrected chi connectivity index (χ0v) is 26.3. The minimum absolute atomic E-state index is 1.03. The Morgan fingerprint density at radius 2 is 0.629 bits per heavy atom. The van der Waals surface area contributed by atoms with Crippen LogP contribution in [0.25, 0.3) is 0 Å². The molecule has 5 heteroatoms. The number of halogens is 2. The normalized spacial score (nSPS) is 11.4. The van der Waals surface area contributed by atoms with Crippen LogP contribution >= 0.6 is 22.2 Å². The third-order valence-electron chi connectivity index (χ3n) is 5.73. The molecule has 0 saturated heterocycles. The summed E-state index contributed by atoms with van der Waals surface area (Å²) < 4.78 is 0. The Morgan fingerprint density at radius 3 is 0.829 bits per heavy atom. The summed E-state index contributed by atoms with van der Waals surface area (Å²) in [5, 5.41) is 5.36. The zero-order valence-electron chi connectivity index (χ0n) is 21.8. The second-order valence-corrected chi connectivity index (χ2v) is 27.1. The van der Waals surface area contributed by atoms with Crippen LogP contribution in [0.1, 0.15) is 0 Å². The second-order valence-electron chi connectivity index (χ2n) is 10.2. The Labute approximate surface area is 225 Å². The molecule has 0 radical (unpaired) electrons. The SMILES string of the molecule is C[Si](C)(C)c1ccccc1.C[Si](C)(Cl)c1ccccc1.C[Si](Cl)(c1ccccc1)c1ccccc1. The molecule has 4 aromatic carbocycles. The lowest BCUT2D eigenvalue weighted by Crippen LogP contribution is -2.50. The first-order valence-corrected chi connectivity index (χ1v) is 23.0.